The van der Waals surface area contributed by atoms with Crippen molar-refractivity contribution in [3.8, 4) is 0 Å². The molecule has 0 aliphatic carbocycles. The van der Waals surface area contributed by atoms with Crippen molar-refractivity contribution in [2.75, 3.05) is 18.8 Å². The summed E-state index contributed by atoms with van der Waals surface area (Å²) >= 11 is 1.58. The van der Waals surface area contributed by atoms with Crippen LogP contribution in [0, 0.1) is 0 Å². The van der Waals surface area contributed by atoms with Crippen molar-refractivity contribution >= 4 is 23.4 Å². The number of hydrogen-bond acceptors (Lipinski definition) is 5. The van der Waals surface area contributed by atoms with Crippen molar-refractivity contribution in [2.24, 2.45) is 5.84 Å². The Balaban J connectivity index is 3.11. The molecule has 0 saturated carbocycles. The number of carbonyl (C=O) groups is 1. The van der Waals surface area contributed by atoms with Crippen LogP contribution in [0.5, 0.6) is 0 Å². The van der Waals surface area contributed by atoms with Gasteiger partial charge in [-0.25, -0.2) is 4.79 Å². The summed E-state index contributed by atoms with van der Waals surface area (Å²) in [6, 6.07) is 5.33. The van der Waals surface area contributed by atoms with Crippen molar-refractivity contribution in [3.05, 3.63) is 23.8 Å². The summed E-state index contributed by atoms with van der Waals surface area (Å²) in [4.78, 5) is 12.3. The van der Waals surface area contributed by atoms with E-state index in [1.54, 1.807) is 23.9 Å². The standard InChI is InChI=1S/C9H12N2O2S/c1-13-9(12)7-4-3-6(14-2)5-8(7)11-10/h3-5,11H,10H2,1-2H3. The summed E-state index contributed by atoms with van der Waals surface area (Å²) in [5.41, 5.74) is 3.48. The second kappa shape index (κ2) is 4.88. The lowest BCUT2D eigenvalue weighted by Gasteiger charge is -2.08. The first-order valence-electron chi connectivity index (χ1n) is 3.96. The zero-order valence-corrected chi connectivity index (χ0v) is 8.85. The van der Waals surface area contributed by atoms with Gasteiger partial charge in [0.25, 0.3) is 0 Å². The Hall–Kier alpha value is -1.20. The fourth-order valence-electron chi connectivity index (χ4n) is 1.06. The molecule has 4 nitrogen and oxygen atoms in total. The maximum atomic E-state index is 11.3. The third kappa shape index (κ3) is 2.18. The molecular weight excluding hydrogens is 200 g/mol. The number of hydrazine groups is 1. The predicted octanol–water partition coefficient (Wildman–Crippen LogP) is 1.48. The summed E-state index contributed by atoms with van der Waals surface area (Å²) in [7, 11) is 1.34. The normalized spacial score (nSPS) is 9.64. The molecule has 0 amide bonds. The molecule has 0 fully saturated rings. The van der Waals surface area contributed by atoms with Gasteiger partial charge in [0.05, 0.1) is 18.4 Å². The average Bonchev–Trinajstić information content (AvgIpc) is 2.27. The summed E-state index contributed by atoms with van der Waals surface area (Å²) < 4.78 is 4.61. The Morgan fingerprint density at radius 2 is 2.29 bits per heavy atom. The van der Waals surface area contributed by atoms with Gasteiger partial charge >= 0.3 is 5.97 Å². The lowest BCUT2D eigenvalue weighted by molar-refractivity contribution is 0.0601. The van der Waals surface area contributed by atoms with Crippen LogP contribution in [-0.4, -0.2) is 19.3 Å². The zero-order valence-electron chi connectivity index (χ0n) is 8.03. The molecule has 0 saturated heterocycles. The van der Waals surface area contributed by atoms with Gasteiger partial charge in [-0.2, -0.15) is 0 Å². The maximum absolute atomic E-state index is 11.3. The first-order valence-corrected chi connectivity index (χ1v) is 5.18. The molecule has 0 heterocycles. The van der Waals surface area contributed by atoms with E-state index in [9.17, 15) is 4.79 Å². The Morgan fingerprint density at radius 1 is 1.57 bits per heavy atom. The van der Waals surface area contributed by atoms with E-state index in [2.05, 4.69) is 10.2 Å². The summed E-state index contributed by atoms with van der Waals surface area (Å²) in [6.45, 7) is 0. The first-order chi connectivity index (χ1) is 6.72. The molecule has 1 aromatic carbocycles. The number of rotatable bonds is 3. The Morgan fingerprint density at radius 3 is 2.79 bits per heavy atom. The SMILES string of the molecule is COC(=O)c1ccc(SC)cc1NN. The summed E-state index contributed by atoms with van der Waals surface area (Å²) in [5, 5.41) is 0. The highest BCUT2D eigenvalue weighted by molar-refractivity contribution is 7.98. The van der Waals surface area contributed by atoms with Crippen LogP contribution in [0.3, 0.4) is 0 Å². The molecule has 76 valence electrons. The molecule has 0 radical (unpaired) electrons. The van der Waals surface area contributed by atoms with E-state index in [4.69, 9.17) is 5.84 Å². The second-order valence-corrected chi connectivity index (χ2v) is 3.43. The van der Waals surface area contributed by atoms with Crippen LogP contribution in [0.4, 0.5) is 5.69 Å². The van der Waals surface area contributed by atoms with Crippen LogP contribution >= 0.6 is 11.8 Å². The lowest BCUT2D eigenvalue weighted by atomic mass is 10.2. The van der Waals surface area contributed by atoms with E-state index in [-0.39, 0.29) is 0 Å². The van der Waals surface area contributed by atoms with Crippen LogP contribution in [0.25, 0.3) is 0 Å². The Labute approximate surface area is 86.8 Å². The van der Waals surface area contributed by atoms with Gasteiger partial charge in [-0.15, -0.1) is 11.8 Å². The van der Waals surface area contributed by atoms with Gasteiger partial charge in [-0.1, -0.05) is 0 Å². The number of nitrogen functional groups attached to an aromatic ring is 1. The van der Waals surface area contributed by atoms with Crippen molar-refractivity contribution in [1.29, 1.82) is 0 Å². The fourth-order valence-corrected chi connectivity index (χ4v) is 1.50. The number of nitrogens with two attached hydrogens (primary N) is 1. The summed E-state index contributed by atoms with van der Waals surface area (Å²) in [6.07, 6.45) is 1.95. The first kappa shape index (κ1) is 10.9. The number of benzene rings is 1. The zero-order chi connectivity index (χ0) is 10.6. The number of ether oxygens (including phenoxy) is 1. The lowest BCUT2D eigenvalue weighted by Crippen LogP contribution is -2.12. The van der Waals surface area contributed by atoms with Gasteiger partial charge in [0.15, 0.2) is 0 Å². The highest BCUT2D eigenvalue weighted by Gasteiger charge is 2.11. The number of hydrogen-bond donors (Lipinski definition) is 2. The molecule has 5 heteroatoms. The van der Waals surface area contributed by atoms with Gasteiger partial charge < -0.3 is 10.2 Å². The number of methoxy groups -OCH3 is 1. The fraction of sp³-hybridized carbons (Fsp3) is 0.222. The van der Waals surface area contributed by atoms with Crippen molar-refractivity contribution < 1.29 is 9.53 Å². The monoisotopic (exact) mass is 212 g/mol. The minimum atomic E-state index is -0.398. The van der Waals surface area contributed by atoms with Crippen LogP contribution in [0.1, 0.15) is 10.4 Å². The minimum absolute atomic E-state index is 0.398. The van der Waals surface area contributed by atoms with E-state index in [1.807, 2.05) is 12.3 Å². The highest BCUT2D eigenvalue weighted by atomic mass is 32.2. The molecule has 14 heavy (non-hydrogen) atoms. The number of thioether (sulfide) groups is 1. The molecule has 0 atom stereocenters. The smallest absolute Gasteiger partial charge is 0.340 e. The molecular formula is C9H12N2O2S. The van der Waals surface area contributed by atoms with E-state index in [0.717, 1.165) is 4.90 Å². The molecule has 0 unspecified atom stereocenters. The van der Waals surface area contributed by atoms with Crippen molar-refractivity contribution in [2.45, 2.75) is 4.90 Å². The van der Waals surface area contributed by atoms with E-state index in [1.165, 1.54) is 7.11 Å². The van der Waals surface area contributed by atoms with Gasteiger partial charge in [-0.3, -0.25) is 5.84 Å². The molecule has 3 N–H and O–H groups in total. The van der Waals surface area contributed by atoms with E-state index < -0.39 is 5.97 Å². The molecule has 0 aliphatic heterocycles. The van der Waals surface area contributed by atoms with Crippen LogP contribution in [0.2, 0.25) is 0 Å². The number of anilines is 1. The second-order valence-electron chi connectivity index (χ2n) is 2.55. The molecule has 1 rings (SSSR count). The van der Waals surface area contributed by atoms with Crippen LogP contribution < -0.4 is 11.3 Å². The number of nitrogens with one attached hydrogen (secondary N) is 1. The van der Waals surface area contributed by atoms with E-state index >= 15 is 0 Å². The third-order valence-electron chi connectivity index (χ3n) is 1.79. The van der Waals surface area contributed by atoms with Gasteiger partial charge in [0.2, 0.25) is 0 Å². The van der Waals surface area contributed by atoms with Gasteiger partial charge in [-0.05, 0) is 24.5 Å². The predicted molar refractivity (Wildman–Crippen MR) is 57.4 cm³/mol. The molecule has 0 aliphatic rings. The van der Waals surface area contributed by atoms with Gasteiger partial charge in [0.1, 0.15) is 0 Å². The van der Waals surface area contributed by atoms with Gasteiger partial charge in [0, 0.05) is 4.90 Å². The molecule has 0 spiro atoms. The number of esters is 1. The summed E-state index contributed by atoms with van der Waals surface area (Å²) in [5.74, 6) is 4.90. The number of carbonyl (C=O) groups excluding carboxylic acids is 1. The Kier molecular flexibility index (Phi) is 3.79. The minimum Gasteiger partial charge on any atom is -0.465 e. The molecule has 0 aromatic heterocycles. The largest absolute Gasteiger partial charge is 0.465 e. The van der Waals surface area contributed by atoms with E-state index in [0.29, 0.717) is 11.3 Å². The molecule has 0 bridgehead atoms. The maximum Gasteiger partial charge on any atom is 0.340 e. The quantitative estimate of drug-likeness (QED) is 0.344. The molecule has 1 aromatic rings. The highest BCUT2D eigenvalue weighted by Crippen LogP contribution is 2.23. The third-order valence-corrected chi connectivity index (χ3v) is 2.51. The van der Waals surface area contributed by atoms with Crippen molar-refractivity contribution in [1.82, 2.24) is 0 Å². The van der Waals surface area contributed by atoms with Crippen LogP contribution in [0.15, 0.2) is 23.1 Å². The Bertz CT molecular complexity index is 342. The topological polar surface area (TPSA) is 64.3 Å². The van der Waals surface area contributed by atoms with Crippen molar-refractivity contribution in [3.63, 3.8) is 0 Å². The average molecular weight is 212 g/mol. The van der Waals surface area contributed by atoms with Crippen LogP contribution in [-0.2, 0) is 4.74 Å².